The number of hydrogen-bond acceptors (Lipinski definition) is 4. The summed E-state index contributed by atoms with van der Waals surface area (Å²) in [5, 5.41) is 9.40. The van der Waals surface area contributed by atoms with E-state index in [1.54, 1.807) is 0 Å². The van der Waals surface area contributed by atoms with Crippen molar-refractivity contribution in [1.29, 1.82) is 0 Å². The first-order chi connectivity index (χ1) is 7.70. The van der Waals surface area contributed by atoms with Crippen LogP contribution in [0.3, 0.4) is 0 Å². The van der Waals surface area contributed by atoms with Gasteiger partial charge < -0.3 is 20.6 Å². The molecule has 0 bridgehead atoms. The molecule has 1 aliphatic heterocycles. The molecule has 1 aliphatic rings. The van der Waals surface area contributed by atoms with Crippen LogP contribution in [0.15, 0.2) is 24.3 Å². The maximum Gasteiger partial charge on any atom is 0.0648 e. The fraction of sp³-hybridized carbons (Fsp3) is 0.500. The van der Waals surface area contributed by atoms with E-state index in [4.69, 9.17) is 5.73 Å². The summed E-state index contributed by atoms with van der Waals surface area (Å²) in [5.74, 6) is 0. The summed E-state index contributed by atoms with van der Waals surface area (Å²) in [7, 11) is 2.09. The van der Waals surface area contributed by atoms with Gasteiger partial charge in [0.25, 0.3) is 0 Å². The van der Waals surface area contributed by atoms with Gasteiger partial charge in [0.1, 0.15) is 0 Å². The quantitative estimate of drug-likeness (QED) is 0.709. The lowest BCUT2D eigenvalue weighted by Crippen LogP contribution is -2.53. The van der Waals surface area contributed by atoms with Crippen molar-refractivity contribution in [3.05, 3.63) is 24.3 Å². The Morgan fingerprint density at radius 2 is 2.00 bits per heavy atom. The highest BCUT2D eigenvalue weighted by Gasteiger charge is 2.24. The van der Waals surface area contributed by atoms with Crippen molar-refractivity contribution in [2.24, 2.45) is 0 Å². The predicted octanol–water partition coefficient (Wildman–Crippen LogP) is 0.382. The number of piperazine rings is 1. The molecule has 0 spiro atoms. The predicted molar refractivity (Wildman–Crippen MR) is 66.6 cm³/mol. The van der Waals surface area contributed by atoms with Crippen LogP contribution in [0.2, 0.25) is 0 Å². The number of aliphatic hydroxyl groups is 1. The smallest absolute Gasteiger partial charge is 0.0648 e. The van der Waals surface area contributed by atoms with Crippen molar-refractivity contribution in [2.45, 2.75) is 6.04 Å². The van der Waals surface area contributed by atoms with Crippen molar-refractivity contribution >= 4 is 11.4 Å². The number of likely N-dealkylation sites (N-methyl/N-ethyl adjacent to an activating group) is 1. The molecule has 1 atom stereocenters. The molecule has 16 heavy (non-hydrogen) atoms. The molecular weight excluding hydrogens is 202 g/mol. The monoisotopic (exact) mass is 221 g/mol. The van der Waals surface area contributed by atoms with E-state index in [2.05, 4.69) is 16.8 Å². The molecule has 1 unspecified atom stereocenters. The number of nitrogens with two attached hydrogens (primary N) is 1. The van der Waals surface area contributed by atoms with Crippen LogP contribution in [0, 0.1) is 0 Å². The number of benzene rings is 1. The van der Waals surface area contributed by atoms with Gasteiger partial charge in [-0.1, -0.05) is 0 Å². The number of hydrogen-bond donors (Lipinski definition) is 2. The van der Waals surface area contributed by atoms with Crippen LogP contribution in [-0.2, 0) is 0 Å². The third kappa shape index (κ3) is 2.28. The molecule has 0 amide bonds. The van der Waals surface area contributed by atoms with E-state index in [9.17, 15) is 5.11 Å². The molecule has 0 saturated carbocycles. The van der Waals surface area contributed by atoms with Crippen LogP contribution in [0.25, 0.3) is 0 Å². The van der Waals surface area contributed by atoms with Crippen LogP contribution in [-0.4, -0.2) is 49.3 Å². The average molecular weight is 221 g/mol. The van der Waals surface area contributed by atoms with E-state index in [0.717, 1.165) is 31.0 Å². The Kier molecular flexibility index (Phi) is 3.31. The molecule has 1 heterocycles. The van der Waals surface area contributed by atoms with Gasteiger partial charge in [0.05, 0.1) is 12.6 Å². The summed E-state index contributed by atoms with van der Waals surface area (Å²) in [5.41, 5.74) is 7.59. The summed E-state index contributed by atoms with van der Waals surface area (Å²) < 4.78 is 0. The molecule has 88 valence electrons. The van der Waals surface area contributed by atoms with E-state index >= 15 is 0 Å². The third-order valence-corrected chi connectivity index (χ3v) is 3.12. The lowest BCUT2D eigenvalue weighted by Gasteiger charge is -2.40. The molecule has 1 aromatic rings. The van der Waals surface area contributed by atoms with Crippen LogP contribution >= 0.6 is 0 Å². The summed E-state index contributed by atoms with van der Waals surface area (Å²) in [6, 6.07) is 8.03. The highest BCUT2D eigenvalue weighted by Crippen LogP contribution is 2.21. The fourth-order valence-electron chi connectivity index (χ4n) is 2.17. The molecule has 1 saturated heterocycles. The number of nitrogens with zero attached hydrogens (tertiary/aromatic N) is 2. The Balaban J connectivity index is 2.15. The van der Waals surface area contributed by atoms with Crippen LogP contribution in [0.4, 0.5) is 11.4 Å². The van der Waals surface area contributed by atoms with Gasteiger partial charge in [0.2, 0.25) is 0 Å². The van der Waals surface area contributed by atoms with Crippen molar-refractivity contribution in [1.82, 2.24) is 4.90 Å². The number of aliphatic hydroxyl groups excluding tert-OH is 1. The first-order valence-corrected chi connectivity index (χ1v) is 5.62. The Bertz CT molecular complexity index is 339. The van der Waals surface area contributed by atoms with Crippen molar-refractivity contribution in [3.8, 4) is 0 Å². The normalized spacial score (nSPS) is 22.4. The number of rotatable bonds is 2. The first-order valence-electron chi connectivity index (χ1n) is 5.62. The minimum absolute atomic E-state index is 0.183. The zero-order valence-corrected chi connectivity index (χ0v) is 9.63. The molecule has 1 aromatic carbocycles. The third-order valence-electron chi connectivity index (χ3n) is 3.12. The van der Waals surface area contributed by atoms with Gasteiger partial charge in [-0.05, 0) is 31.3 Å². The highest BCUT2D eigenvalue weighted by atomic mass is 16.3. The average Bonchev–Trinajstić information content (AvgIpc) is 2.30. The first kappa shape index (κ1) is 11.2. The highest BCUT2D eigenvalue weighted by molar-refractivity contribution is 5.54. The minimum atomic E-state index is 0.183. The second-order valence-corrected chi connectivity index (χ2v) is 4.38. The second kappa shape index (κ2) is 4.72. The van der Waals surface area contributed by atoms with Gasteiger partial charge in [-0.25, -0.2) is 0 Å². The molecule has 0 aliphatic carbocycles. The summed E-state index contributed by atoms with van der Waals surface area (Å²) in [6.45, 7) is 3.07. The van der Waals surface area contributed by atoms with E-state index in [0.29, 0.717) is 0 Å². The fourth-order valence-corrected chi connectivity index (χ4v) is 2.17. The summed E-state index contributed by atoms with van der Waals surface area (Å²) in [6.07, 6.45) is 0. The molecular formula is C12H19N3O. The Morgan fingerprint density at radius 3 is 2.62 bits per heavy atom. The van der Waals surface area contributed by atoms with E-state index in [1.165, 1.54) is 0 Å². The van der Waals surface area contributed by atoms with Crippen molar-refractivity contribution < 1.29 is 5.11 Å². The van der Waals surface area contributed by atoms with Gasteiger partial charge in [-0.3, -0.25) is 0 Å². The Morgan fingerprint density at radius 1 is 1.31 bits per heavy atom. The van der Waals surface area contributed by atoms with Gasteiger partial charge >= 0.3 is 0 Å². The van der Waals surface area contributed by atoms with Crippen LogP contribution in [0.5, 0.6) is 0 Å². The summed E-state index contributed by atoms with van der Waals surface area (Å²) >= 11 is 0. The van der Waals surface area contributed by atoms with Crippen molar-refractivity contribution in [2.75, 3.05) is 43.9 Å². The number of nitrogen functional groups attached to an aromatic ring is 1. The Labute approximate surface area is 96.3 Å². The van der Waals surface area contributed by atoms with Gasteiger partial charge in [0, 0.05) is 31.0 Å². The summed E-state index contributed by atoms with van der Waals surface area (Å²) in [4.78, 5) is 4.49. The molecule has 4 heteroatoms. The standard InChI is InChI=1S/C12H19N3O/c1-14-6-7-15(12(8-14)9-16)11-4-2-10(13)3-5-11/h2-5,12,16H,6-9,13H2,1H3. The van der Waals surface area contributed by atoms with E-state index in [-0.39, 0.29) is 12.6 Å². The molecule has 0 aromatic heterocycles. The van der Waals surface area contributed by atoms with Crippen LogP contribution in [0.1, 0.15) is 0 Å². The second-order valence-electron chi connectivity index (χ2n) is 4.38. The Hall–Kier alpha value is -1.26. The van der Waals surface area contributed by atoms with E-state index in [1.807, 2.05) is 24.3 Å². The van der Waals surface area contributed by atoms with Crippen molar-refractivity contribution in [3.63, 3.8) is 0 Å². The molecule has 1 fully saturated rings. The minimum Gasteiger partial charge on any atom is -0.399 e. The zero-order valence-electron chi connectivity index (χ0n) is 9.63. The molecule has 3 N–H and O–H groups in total. The number of anilines is 2. The lowest BCUT2D eigenvalue weighted by atomic mass is 10.1. The lowest BCUT2D eigenvalue weighted by molar-refractivity contribution is 0.191. The molecule has 0 radical (unpaired) electrons. The SMILES string of the molecule is CN1CCN(c2ccc(N)cc2)C(CO)C1. The zero-order chi connectivity index (χ0) is 11.5. The maximum absolute atomic E-state index is 9.40. The molecule has 2 rings (SSSR count). The maximum atomic E-state index is 9.40. The van der Waals surface area contributed by atoms with E-state index < -0.39 is 0 Å². The van der Waals surface area contributed by atoms with Gasteiger partial charge in [-0.2, -0.15) is 0 Å². The largest absolute Gasteiger partial charge is 0.399 e. The van der Waals surface area contributed by atoms with Gasteiger partial charge in [0.15, 0.2) is 0 Å². The molecule has 4 nitrogen and oxygen atoms in total. The van der Waals surface area contributed by atoms with Gasteiger partial charge in [-0.15, -0.1) is 0 Å². The van der Waals surface area contributed by atoms with Crippen LogP contribution < -0.4 is 10.6 Å². The topological polar surface area (TPSA) is 52.7 Å².